The van der Waals surface area contributed by atoms with Crippen molar-refractivity contribution in [2.45, 2.75) is 50.2 Å². The number of aromatic hydroxyl groups is 1. The van der Waals surface area contributed by atoms with Crippen molar-refractivity contribution < 1.29 is 63.7 Å². The Labute approximate surface area is 310 Å². The van der Waals surface area contributed by atoms with Crippen molar-refractivity contribution >= 4 is 33.8 Å². The number of aliphatic hydroxyl groups is 4. The summed E-state index contributed by atoms with van der Waals surface area (Å²) < 4.78 is 24.3. The molecule has 1 aliphatic heterocycles. The van der Waals surface area contributed by atoms with E-state index >= 15 is 0 Å². The number of phenolic OH excluding ortho intramolecular Hbond substituents is 1. The summed E-state index contributed by atoms with van der Waals surface area (Å²) in [6.07, 6.45) is -5.05. The van der Waals surface area contributed by atoms with Crippen molar-refractivity contribution in [3.8, 4) is 33.9 Å². The lowest BCUT2D eigenvalue weighted by Gasteiger charge is -2.48. The van der Waals surface area contributed by atoms with Gasteiger partial charge in [0.25, 0.3) is 0 Å². The second kappa shape index (κ2) is 14.6. The molecule has 0 aliphatic carbocycles. The largest absolute Gasteiger partial charge is 0.508 e. The van der Waals surface area contributed by atoms with Gasteiger partial charge in [-0.2, -0.15) is 4.73 Å². The van der Waals surface area contributed by atoms with E-state index in [1.165, 1.54) is 41.3 Å². The van der Waals surface area contributed by atoms with E-state index < -0.39 is 61.5 Å². The molecule has 0 saturated carbocycles. The maximum Gasteiger partial charge on any atom is 0.346 e. The highest BCUT2D eigenvalue weighted by Crippen LogP contribution is 2.36. The van der Waals surface area contributed by atoms with Gasteiger partial charge in [0.15, 0.2) is 11.0 Å². The van der Waals surface area contributed by atoms with E-state index in [0.717, 1.165) is 22.1 Å². The average molecular weight is 757 g/mol. The van der Waals surface area contributed by atoms with Crippen LogP contribution in [0.4, 0.5) is 0 Å². The van der Waals surface area contributed by atoms with Crippen LogP contribution in [0.25, 0.3) is 44.3 Å². The third-order valence-corrected chi connectivity index (χ3v) is 9.41. The monoisotopic (exact) mass is 756 g/mol. The molecule has 0 spiro atoms. The third kappa shape index (κ3) is 7.00. The van der Waals surface area contributed by atoms with E-state index in [9.17, 15) is 39.9 Å². The Kier molecular flexibility index (Phi) is 9.85. The molecule has 6 atom stereocenters. The van der Waals surface area contributed by atoms with Gasteiger partial charge in [-0.05, 0) is 61.9 Å². The van der Waals surface area contributed by atoms with E-state index in [-0.39, 0.29) is 33.5 Å². The van der Waals surface area contributed by atoms with Gasteiger partial charge in [0, 0.05) is 23.2 Å². The van der Waals surface area contributed by atoms with Crippen molar-refractivity contribution in [1.82, 2.24) is 9.71 Å². The number of aliphatic carboxylic acids is 1. The first kappa shape index (κ1) is 37.2. The zero-order valence-electron chi connectivity index (χ0n) is 29.3. The van der Waals surface area contributed by atoms with Crippen LogP contribution in [0.3, 0.4) is 0 Å². The molecule has 7 N–H and O–H groups in total. The molecule has 3 aromatic heterocycles. The second-order valence-electron chi connectivity index (χ2n) is 13.3. The first-order valence-corrected chi connectivity index (χ1v) is 17.0. The van der Waals surface area contributed by atoms with E-state index in [0.29, 0.717) is 16.8 Å². The number of carboxylic acid groups (broad SMARTS) is 1. The Morgan fingerprint density at radius 2 is 1.75 bits per heavy atom. The Bertz CT molecular complexity index is 2430. The Balaban J connectivity index is 1.27. The fourth-order valence-electron chi connectivity index (χ4n) is 6.67. The Hall–Kier alpha value is -6.17. The van der Waals surface area contributed by atoms with Crippen molar-refractivity contribution in [2.24, 2.45) is 0 Å². The highest BCUT2D eigenvalue weighted by atomic mass is 16.8. The minimum atomic E-state index is -2.59. The fourth-order valence-corrected chi connectivity index (χ4v) is 6.67. The lowest BCUT2D eigenvalue weighted by atomic mass is 9.84. The summed E-state index contributed by atoms with van der Waals surface area (Å²) in [5.41, 5.74) is 1.71. The van der Waals surface area contributed by atoms with Crippen LogP contribution >= 0.6 is 0 Å². The fraction of sp³-hybridized carbons (Fsp3) is 0.256. The number of esters is 1. The number of carbonyl (C=O) groups excluding carboxylic acids is 1. The summed E-state index contributed by atoms with van der Waals surface area (Å²) in [7, 11) is 0. The van der Waals surface area contributed by atoms with E-state index in [2.05, 4.69) is 4.98 Å². The number of phenols is 1. The number of benzene rings is 3. The number of aromatic amines is 1. The quantitative estimate of drug-likeness (QED) is 0.0742. The summed E-state index contributed by atoms with van der Waals surface area (Å²) in [5.74, 6) is -3.40. The first-order chi connectivity index (χ1) is 26.3. The number of rotatable bonds is 11. The highest BCUT2D eigenvalue weighted by Gasteiger charge is 2.59. The van der Waals surface area contributed by atoms with Crippen molar-refractivity contribution in [1.29, 1.82) is 0 Å². The number of aliphatic hydroxyl groups excluding tert-OH is 3. The zero-order valence-corrected chi connectivity index (χ0v) is 29.3. The molecule has 4 heterocycles. The molecular weight excluding hydrogens is 720 g/mol. The van der Waals surface area contributed by atoms with Gasteiger partial charge in [0.05, 0.1) is 29.3 Å². The van der Waals surface area contributed by atoms with Gasteiger partial charge in [-0.25, -0.2) is 9.59 Å². The number of aryl methyl sites for hydroxylation is 2. The summed E-state index contributed by atoms with van der Waals surface area (Å²) in [5, 5.41) is 63.3. The number of aromatic nitrogens is 2. The molecule has 55 heavy (non-hydrogen) atoms. The van der Waals surface area contributed by atoms with Crippen molar-refractivity contribution in [3.63, 3.8) is 0 Å². The van der Waals surface area contributed by atoms with Crippen molar-refractivity contribution in [3.05, 3.63) is 107 Å². The maximum atomic E-state index is 13.4. The third-order valence-electron chi connectivity index (χ3n) is 9.41. The molecule has 0 amide bonds. The summed E-state index contributed by atoms with van der Waals surface area (Å²) >= 11 is 0. The van der Waals surface area contributed by atoms with Crippen LogP contribution in [-0.4, -0.2) is 102 Å². The minimum absolute atomic E-state index is 0.0227. The Morgan fingerprint density at radius 3 is 2.44 bits per heavy atom. The molecular formula is C39H36N2O14. The zero-order chi connectivity index (χ0) is 39.2. The molecule has 3 aromatic carbocycles. The molecule has 6 unspecified atom stereocenters. The SMILES string of the molecule is Cc1cc(C)cc(-c2c3[nH]ccc3cn2OC2C(Oc3ccc4c(=O)c(-c5ccc(O)cc5)coc4c3)OC(COC(=O)C(O)C(=O)O)C(O)C2(O)CO)c1. The van der Waals surface area contributed by atoms with E-state index in [1.54, 1.807) is 30.6 Å². The Morgan fingerprint density at radius 1 is 1.02 bits per heavy atom. The molecule has 16 heteroatoms. The summed E-state index contributed by atoms with van der Waals surface area (Å²) in [6.45, 7) is 1.85. The van der Waals surface area contributed by atoms with Crippen LogP contribution in [0.5, 0.6) is 11.5 Å². The molecule has 16 nitrogen and oxygen atoms in total. The predicted octanol–water partition coefficient (Wildman–Crippen LogP) is 2.41. The van der Waals surface area contributed by atoms with Crippen molar-refractivity contribution in [2.75, 3.05) is 13.2 Å². The van der Waals surface area contributed by atoms with Crippen LogP contribution < -0.4 is 15.0 Å². The van der Waals surface area contributed by atoms with Gasteiger partial charge in [-0.1, -0.05) is 29.3 Å². The minimum Gasteiger partial charge on any atom is -0.508 e. The normalized spacial score (nSPS) is 21.7. The summed E-state index contributed by atoms with van der Waals surface area (Å²) in [4.78, 5) is 46.3. The van der Waals surface area contributed by atoms with Gasteiger partial charge in [-0.15, -0.1) is 0 Å². The second-order valence-corrected chi connectivity index (χ2v) is 13.3. The average Bonchev–Trinajstić information content (AvgIpc) is 3.75. The number of hydrogen-bond donors (Lipinski definition) is 7. The maximum absolute atomic E-state index is 13.4. The smallest absolute Gasteiger partial charge is 0.346 e. The molecule has 7 rings (SSSR count). The number of nitrogens with zero attached hydrogens (tertiary/aromatic N) is 1. The molecule has 1 fully saturated rings. The highest BCUT2D eigenvalue weighted by molar-refractivity contribution is 5.96. The number of hydrogen-bond acceptors (Lipinski definition) is 13. The number of H-pyrrole nitrogens is 1. The molecule has 0 radical (unpaired) electrons. The number of fused-ring (bicyclic) bond motifs is 2. The molecule has 6 aromatic rings. The van der Waals surface area contributed by atoms with Crippen LogP contribution in [0, 0.1) is 13.8 Å². The topological polar surface area (TPSA) is 243 Å². The molecule has 1 aliphatic rings. The molecule has 1 saturated heterocycles. The van der Waals surface area contributed by atoms with Crippen LogP contribution in [-0.2, 0) is 19.1 Å². The van der Waals surface area contributed by atoms with E-state index in [4.69, 9.17) is 28.6 Å². The van der Waals surface area contributed by atoms with E-state index in [1.807, 2.05) is 32.0 Å². The van der Waals surface area contributed by atoms with Gasteiger partial charge in [-0.3, -0.25) is 4.79 Å². The number of carboxylic acids is 1. The lowest BCUT2D eigenvalue weighted by Crippen LogP contribution is -2.72. The van der Waals surface area contributed by atoms with Crippen LogP contribution in [0.15, 0.2) is 94.6 Å². The number of carbonyl (C=O) groups is 2. The van der Waals surface area contributed by atoms with Crippen LogP contribution in [0.1, 0.15) is 11.1 Å². The standard InChI is InChI=1S/C39H36N2O14/c1-19-11-20(2)13-23(12-19)31-30-22(9-10-40-30)15-41(31)55-35-38(54-29(34(46)39(35,50)18-42)17-52-37(49)33(45)36(47)48)53-25-7-8-26-28(14-25)51-16-27(32(26)44)21-3-5-24(43)6-4-21/h3-16,29,33-35,38,40,42-43,45-46,50H,17-18H2,1-2H3,(H,47,48). The van der Waals surface area contributed by atoms with Gasteiger partial charge >= 0.3 is 11.9 Å². The van der Waals surface area contributed by atoms with Crippen LogP contribution in [0.2, 0.25) is 0 Å². The number of ether oxygens (including phenoxy) is 3. The van der Waals surface area contributed by atoms with Gasteiger partial charge in [0.2, 0.25) is 18.5 Å². The van der Waals surface area contributed by atoms with Gasteiger partial charge < -0.3 is 59.1 Å². The lowest BCUT2D eigenvalue weighted by molar-refractivity contribution is -0.328. The summed E-state index contributed by atoms with van der Waals surface area (Å²) in [6, 6.07) is 17.9. The first-order valence-electron chi connectivity index (χ1n) is 17.0. The van der Waals surface area contributed by atoms with Gasteiger partial charge in [0.1, 0.15) is 47.9 Å². The number of nitrogens with one attached hydrogen (secondary N) is 1. The molecule has 286 valence electrons. The molecule has 0 bridgehead atoms. The predicted molar refractivity (Wildman–Crippen MR) is 193 cm³/mol.